The van der Waals surface area contributed by atoms with Crippen LogP contribution in [0.25, 0.3) is 22.0 Å². The van der Waals surface area contributed by atoms with Crippen molar-refractivity contribution in [2.45, 2.75) is 32.0 Å². The Balaban J connectivity index is 1.31. The minimum absolute atomic E-state index is 0.0829. The molecule has 1 aromatic heterocycles. The maximum absolute atomic E-state index is 13.3. The van der Waals surface area contributed by atoms with Gasteiger partial charge in [-0.05, 0) is 71.6 Å². The van der Waals surface area contributed by atoms with Crippen molar-refractivity contribution in [2.24, 2.45) is 0 Å². The van der Waals surface area contributed by atoms with E-state index in [-0.39, 0.29) is 29.7 Å². The Morgan fingerprint density at radius 1 is 0.804 bits per heavy atom. The normalized spacial score (nSPS) is 11.9. The molecular formula is C36H31F3N4O3. The molecule has 0 spiro atoms. The molecule has 0 saturated heterocycles. The molecule has 4 aromatic carbocycles. The summed E-state index contributed by atoms with van der Waals surface area (Å²) in [5, 5.41) is 9.33. The number of amides is 3. The molecule has 1 atom stereocenters. The largest absolute Gasteiger partial charge is 0.416 e. The molecule has 0 radical (unpaired) electrons. The van der Waals surface area contributed by atoms with Crippen molar-refractivity contribution < 1.29 is 27.6 Å². The van der Waals surface area contributed by atoms with Gasteiger partial charge in [-0.2, -0.15) is 13.2 Å². The van der Waals surface area contributed by atoms with Crippen molar-refractivity contribution in [3.05, 3.63) is 131 Å². The first-order valence-electron chi connectivity index (χ1n) is 14.7. The smallest absolute Gasteiger partial charge is 0.354 e. The van der Waals surface area contributed by atoms with E-state index in [1.807, 2.05) is 37.3 Å². The quantitative estimate of drug-likeness (QED) is 0.149. The number of fused-ring (bicyclic) bond motifs is 1. The lowest BCUT2D eigenvalue weighted by atomic mass is 9.98. The Bertz CT molecular complexity index is 1860. The van der Waals surface area contributed by atoms with Gasteiger partial charge in [-0.25, -0.2) is 4.98 Å². The third kappa shape index (κ3) is 7.76. The number of benzene rings is 4. The fourth-order valence-electron chi connectivity index (χ4n) is 5.00. The predicted octanol–water partition coefficient (Wildman–Crippen LogP) is 7.56. The van der Waals surface area contributed by atoms with Gasteiger partial charge < -0.3 is 16.0 Å². The van der Waals surface area contributed by atoms with Gasteiger partial charge >= 0.3 is 6.18 Å². The topological polar surface area (TPSA) is 100 Å². The minimum atomic E-state index is -4.46. The Kier molecular flexibility index (Phi) is 9.76. The fourth-order valence-corrected chi connectivity index (χ4v) is 5.00. The van der Waals surface area contributed by atoms with Crippen LogP contribution in [0.5, 0.6) is 0 Å². The number of carbonyl (C=O) groups is 3. The maximum Gasteiger partial charge on any atom is 0.416 e. The van der Waals surface area contributed by atoms with Crippen molar-refractivity contribution in [1.82, 2.24) is 15.6 Å². The zero-order valence-electron chi connectivity index (χ0n) is 24.9. The Morgan fingerprint density at radius 3 is 2.24 bits per heavy atom. The average molecular weight is 625 g/mol. The molecule has 46 heavy (non-hydrogen) atoms. The van der Waals surface area contributed by atoms with Crippen LogP contribution in [-0.4, -0.2) is 29.3 Å². The van der Waals surface area contributed by atoms with Crippen LogP contribution in [0, 0.1) is 0 Å². The van der Waals surface area contributed by atoms with Gasteiger partial charge in [0.25, 0.3) is 11.8 Å². The van der Waals surface area contributed by atoms with Crippen molar-refractivity contribution in [2.75, 3.05) is 11.9 Å². The standard InChI is InChI=1S/C36H31F3N4O3/c1-2-8-33(44)40-22-31(24-9-4-3-5-10-24)42-34(45)26-15-19-30-25(21-26)16-20-32(41-30)43-35(46)29-12-7-6-11-28(29)23-13-17-27(18-14-23)36(37,38)39/h3-7,9-21,31H,2,8,22H2,1H3,(H,40,44)(H,42,45)(H,41,43,46)/t31-/m1/s1. The number of anilines is 1. The van der Waals surface area contributed by atoms with E-state index >= 15 is 0 Å². The van der Waals surface area contributed by atoms with Crippen LogP contribution in [0.3, 0.4) is 0 Å². The molecule has 10 heteroatoms. The Hall–Kier alpha value is -5.51. The number of hydrogen-bond acceptors (Lipinski definition) is 4. The second-order valence-corrected chi connectivity index (χ2v) is 10.7. The number of pyridine rings is 1. The second kappa shape index (κ2) is 14.1. The van der Waals surface area contributed by atoms with Gasteiger partial charge in [0.05, 0.1) is 17.1 Å². The van der Waals surface area contributed by atoms with E-state index in [0.717, 1.165) is 24.1 Å². The molecule has 0 aliphatic heterocycles. The van der Waals surface area contributed by atoms with Gasteiger partial charge in [-0.1, -0.05) is 67.6 Å². The van der Waals surface area contributed by atoms with Gasteiger partial charge in [0.1, 0.15) is 5.82 Å². The van der Waals surface area contributed by atoms with Gasteiger partial charge in [0, 0.05) is 29.5 Å². The predicted molar refractivity (Wildman–Crippen MR) is 171 cm³/mol. The number of aromatic nitrogens is 1. The second-order valence-electron chi connectivity index (χ2n) is 10.7. The lowest BCUT2D eigenvalue weighted by molar-refractivity contribution is -0.137. The van der Waals surface area contributed by atoms with E-state index in [9.17, 15) is 27.6 Å². The molecule has 3 amide bonds. The van der Waals surface area contributed by atoms with Crippen LogP contribution in [0.4, 0.5) is 19.0 Å². The SMILES string of the molecule is CCCC(=O)NC[C@@H](NC(=O)c1ccc2nc(NC(=O)c3ccccc3-c3ccc(C(F)(F)F)cc3)ccc2c1)c1ccccc1. The van der Waals surface area contributed by atoms with Crippen molar-refractivity contribution in [3.63, 3.8) is 0 Å². The minimum Gasteiger partial charge on any atom is -0.354 e. The lowest BCUT2D eigenvalue weighted by Gasteiger charge is -2.20. The maximum atomic E-state index is 13.3. The van der Waals surface area contributed by atoms with Crippen LogP contribution in [0.15, 0.2) is 109 Å². The molecule has 0 fully saturated rings. The molecule has 0 saturated carbocycles. The van der Waals surface area contributed by atoms with Crippen molar-refractivity contribution >= 4 is 34.4 Å². The van der Waals surface area contributed by atoms with E-state index in [0.29, 0.717) is 34.0 Å². The number of carbonyl (C=O) groups excluding carboxylic acids is 3. The van der Waals surface area contributed by atoms with Crippen molar-refractivity contribution in [1.29, 1.82) is 0 Å². The lowest BCUT2D eigenvalue weighted by Crippen LogP contribution is -2.37. The molecule has 5 rings (SSSR count). The Morgan fingerprint density at radius 2 is 1.52 bits per heavy atom. The number of alkyl halides is 3. The van der Waals surface area contributed by atoms with Gasteiger partial charge in [0.2, 0.25) is 5.91 Å². The number of hydrogen-bond donors (Lipinski definition) is 3. The molecule has 3 N–H and O–H groups in total. The first-order valence-corrected chi connectivity index (χ1v) is 14.7. The highest BCUT2D eigenvalue weighted by Gasteiger charge is 2.30. The first-order chi connectivity index (χ1) is 22.1. The van der Waals surface area contributed by atoms with E-state index in [2.05, 4.69) is 20.9 Å². The summed E-state index contributed by atoms with van der Waals surface area (Å²) in [4.78, 5) is 43.1. The fraction of sp³-hybridized carbons (Fsp3) is 0.167. The zero-order chi connectivity index (χ0) is 32.7. The van der Waals surface area contributed by atoms with Gasteiger partial charge in [0.15, 0.2) is 0 Å². The van der Waals surface area contributed by atoms with Gasteiger partial charge in [-0.3, -0.25) is 14.4 Å². The average Bonchev–Trinajstić information content (AvgIpc) is 3.06. The molecule has 1 heterocycles. The zero-order valence-corrected chi connectivity index (χ0v) is 24.9. The third-order valence-corrected chi connectivity index (χ3v) is 7.38. The number of nitrogens with zero attached hydrogens (tertiary/aromatic N) is 1. The monoisotopic (exact) mass is 624 g/mol. The number of nitrogens with one attached hydrogen (secondary N) is 3. The van der Waals surface area contributed by atoms with Crippen LogP contribution in [0.2, 0.25) is 0 Å². The van der Waals surface area contributed by atoms with Crippen molar-refractivity contribution in [3.8, 4) is 11.1 Å². The van der Waals surface area contributed by atoms with E-state index < -0.39 is 23.7 Å². The molecule has 5 aromatic rings. The van der Waals surface area contributed by atoms with Crippen LogP contribution in [-0.2, 0) is 11.0 Å². The highest BCUT2D eigenvalue weighted by molar-refractivity contribution is 6.08. The first kappa shape index (κ1) is 31.9. The number of rotatable bonds is 10. The van der Waals surface area contributed by atoms with Crippen LogP contribution >= 0.6 is 0 Å². The third-order valence-electron chi connectivity index (χ3n) is 7.38. The van der Waals surface area contributed by atoms with E-state index in [1.54, 1.807) is 54.6 Å². The molecule has 7 nitrogen and oxygen atoms in total. The number of halogens is 3. The summed E-state index contributed by atoms with van der Waals surface area (Å²) in [6.45, 7) is 2.17. The molecular weight excluding hydrogens is 593 g/mol. The molecule has 0 unspecified atom stereocenters. The Labute approximate surface area is 263 Å². The van der Waals surface area contributed by atoms with Crippen LogP contribution < -0.4 is 16.0 Å². The molecule has 0 aliphatic rings. The summed E-state index contributed by atoms with van der Waals surface area (Å²) in [6, 6.07) is 28.6. The highest BCUT2D eigenvalue weighted by atomic mass is 19.4. The summed E-state index contributed by atoms with van der Waals surface area (Å²) in [7, 11) is 0. The molecule has 0 aliphatic carbocycles. The molecule has 234 valence electrons. The summed E-state index contributed by atoms with van der Waals surface area (Å²) >= 11 is 0. The summed E-state index contributed by atoms with van der Waals surface area (Å²) in [6.07, 6.45) is -3.33. The molecule has 0 bridgehead atoms. The summed E-state index contributed by atoms with van der Waals surface area (Å²) in [5.74, 6) is -0.613. The van der Waals surface area contributed by atoms with E-state index in [1.165, 1.54) is 12.1 Å². The van der Waals surface area contributed by atoms with E-state index in [4.69, 9.17) is 0 Å². The van der Waals surface area contributed by atoms with Gasteiger partial charge in [-0.15, -0.1) is 0 Å². The summed E-state index contributed by atoms with van der Waals surface area (Å²) < 4.78 is 39.1. The highest BCUT2D eigenvalue weighted by Crippen LogP contribution is 2.32. The summed E-state index contributed by atoms with van der Waals surface area (Å²) in [5.41, 5.74) is 2.24. The van der Waals surface area contributed by atoms with Crippen LogP contribution in [0.1, 0.15) is 57.7 Å².